The van der Waals surface area contributed by atoms with Crippen LogP contribution >= 0.6 is 0 Å². The molecule has 0 radical (unpaired) electrons. The van der Waals surface area contributed by atoms with E-state index in [0.29, 0.717) is 36.9 Å². The topological polar surface area (TPSA) is 103 Å². The average molecular weight is 477 g/mol. The first kappa shape index (κ1) is 23.5. The van der Waals surface area contributed by atoms with Crippen LogP contribution in [0.1, 0.15) is 23.2 Å². The van der Waals surface area contributed by atoms with Gasteiger partial charge in [-0.3, -0.25) is 4.79 Å². The van der Waals surface area contributed by atoms with E-state index in [1.54, 1.807) is 24.3 Å². The lowest BCUT2D eigenvalue weighted by molar-refractivity contribution is 0.0679. The Balaban J connectivity index is 1.50. The van der Waals surface area contributed by atoms with Gasteiger partial charge in [-0.1, -0.05) is 6.07 Å². The highest BCUT2D eigenvalue weighted by Crippen LogP contribution is 2.30. The highest BCUT2D eigenvalue weighted by molar-refractivity contribution is 7.89. The number of hydrogen-bond acceptors (Lipinski definition) is 7. The Morgan fingerprint density at radius 2 is 1.97 bits per heavy atom. The molecule has 4 rings (SSSR count). The summed E-state index contributed by atoms with van der Waals surface area (Å²) in [5.41, 5.74) is 0.644. The Morgan fingerprint density at radius 3 is 2.70 bits per heavy atom. The number of hydrogen-bond donors (Lipinski definition) is 1. The van der Waals surface area contributed by atoms with E-state index in [1.165, 1.54) is 29.6 Å². The molecule has 0 saturated carbocycles. The molecule has 1 N–H and O–H groups in total. The number of carbonyl (C=O) groups excluding carboxylic acids is 1. The standard InChI is InChI=1S/C23H28N2O7S/c1-29-22-8-7-20(33(27,28)25-9-12-30-13-10-25)15-21(22)24-23(26)17-4-2-5-18(14-17)32-16-19-6-3-11-31-19/h2,4-5,7-8,14-15,19H,3,6,9-13,16H2,1H3,(H,24,26). The van der Waals surface area contributed by atoms with Crippen molar-refractivity contribution in [1.29, 1.82) is 0 Å². The van der Waals surface area contributed by atoms with Crippen molar-refractivity contribution in [2.75, 3.05) is 51.9 Å². The second kappa shape index (κ2) is 10.5. The van der Waals surface area contributed by atoms with E-state index in [0.717, 1.165) is 19.4 Å². The number of sulfonamides is 1. The van der Waals surface area contributed by atoms with Crippen molar-refractivity contribution in [3.8, 4) is 11.5 Å². The highest BCUT2D eigenvalue weighted by Gasteiger charge is 2.27. The van der Waals surface area contributed by atoms with Crippen LogP contribution in [0.15, 0.2) is 47.4 Å². The molecule has 0 spiro atoms. The average Bonchev–Trinajstić information content (AvgIpc) is 3.37. The fourth-order valence-electron chi connectivity index (χ4n) is 3.77. The van der Waals surface area contributed by atoms with E-state index in [4.69, 9.17) is 18.9 Å². The number of rotatable bonds is 8. The summed E-state index contributed by atoms with van der Waals surface area (Å²) in [6.07, 6.45) is 2.06. The van der Waals surface area contributed by atoms with Gasteiger partial charge in [-0.25, -0.2) is 8.42 Å². The predicted molar refractivity (Wildman–Crippen MR) is 121 cm³/mol. The van der Waals surface area contributed by atoms with Crippen molar-refractivity contribution in [3.05, 3.63) is 48.0 Å². The molecule has 2 aromatic rings. The number of amides is 1. The molecular formula is C23H28N2O7S. The van der Waals surface area contributed by atoms with Crippen LogP contribution in [0.25, 0.3) is 0 Å². The molecule has 0 bridgehead atoms. The molecule has 2 aliphatic rings. The summed E-state index contributed by atoms with van der Waals surface area (Å²) in [7, 11) is -2.26. The van der Waals surface area contributed by atoms with Gasteiger partial charge < -0.3 is 24.3 Å². The van der Waals surface area contributed by atoms with Crippen LogP contribution in [0.3, 0.4) is 0 Å². The van der Waals surface area contributed by atoms with Gasteiger partial charge >= 0.3 is 0 Å². The Labute approximate surface area is 193 Å². The molecule has 10 heteroatoms. The van der Waals surface area contributed by atoms with Gasteiger partial charge in [0.25, 0.3) is 5.91 Å². The summed E-state index contributed by atoms with van der Waals surface area (Å²) in [5.74, 6) is 0.514. The number of morpholine rings is 1. The maximum Gasteiger partial charge on any atom is 0.255 e. The second-order valence-corrected chi connectivity index (χ2v) is 9.74. The van der Waals surface area contributed by atoms with Crippen LogP contribution in [-0.2, 0) is 19.5 Å². The van der Waals surface area contributed by atoms with Gasteiger partial charge in [0, 0.05) is 25.3 Å². The van der Waals surface area contributed by atoms with Crippen molar-refractivity contribution < 1.29 is 32.2 Å². The van der Waals surface area contributed by atoms with Crippen LogP contribution in [0, 0.1) is 0 Å². The predicted octanol–water partition coefficient (Wildman–Crippen LogP) is 2.53. The summed E-state index contributed by atoms with van der Waals surface area (Å²) >= 11 is 0. The molecule has 2 aromatic carbocycles. The van der Waals surface area contributed by atoms with Crippen molar-refractivity contribution in [1.82, 2.24) is 4.31 Å². The molecule has 2 heterocycles. The smallest absolute Gasteiger partial charge is 0.255 e. The Hall–Kier alpha value is -2.66. The summed E-state index contributed by atoms with van der Waals surface area (Å²) in [6, 6.07) is 11.2. The van der Waals surface area contributed by atoms with Crippen LogP contribution in [0.5, 0.6) is 11.5 Å². The number of anilines is 1. The van der Waals surface area contributed by atoms with Crippen LogP contribution in [0.2, 0.25) is 0 Å². The number of methoxy groups -OCH3 is 1. The second-order valence-electron chi connectivity index (χ2n) is 7.81. The van der Waals surface area contributed by atoms with Gasteiger partial charge in [0.05, 0.1) is 37.0 Å². The number of benzene rings is 2. The van der Waals surface area contributed by atoms with E-state index in [9.17, 15) is 13.2 Å². The van der Waals surface area contributed by atoms with E-state index >= 15 is 0 Å². The lowest BCUT2D eigenvalue weighted by Crippen LogP contribution is -2.40. The SMILES string of the molecule is COc1ccc(S(=O)(=O)N2CCOCC2)cc1NC(=O)c1cccc(OCC2CCCO2)c1. The Bertz CT molecular complexity index is 1080. The summed E-state index contributed by atoms with van der Waals surface area (Å²) in [6.45, 7) is 2.46. The first-order valence-electron chi connectivity index (χ1n) is 10.9. The molecular weight excluding hydrogens is 448 g/mol. The molecule has 9 nitrogen and oxygen atoms in total. The van der Waals surface area contributed by atoms with Gasteiger partial charge in [-0.2, -0.15) is 4.31 Å². The third-order valence-electron chi connectivity index (χ3n) is 5.58. The van der Waals surface area contributed by atoms with Crippen LogP contribution < -0.4 is 14.8 Å². The molecule has 2 saturated heterocycles. The largest absolute Gasteiger partial charge is 0.495 e. The summed E-state index contributed by atoms with van der Waals surface area (Å²) in [5, 5.41) is 2.77. The minimum absolute atomic E-state index is 0.0721. The van der Waals surface area contributed by atoms with Crippen molar-refractivity contribution in [2.24, 2.45) is 0 Å². The van der Waals surface area contributed by atoms with E-state index in [1.807, 2.05) is 0 Å². The zero-order valence-corrected chi connectivity index (χ0v) is 19.3. The normalized spacial score (nSPS) is 19.2. The molecule has 178 valence electrons. The fraction of sp³-hybridized carbons (Fsp3) is 0.435. The highest BCUT2D eigenvalue weighted by atomic mass is 32.2. The lowest BCUT2D eigenvalue weighted by atomic mass is 10.2. The molecule has 1 atom stereocenters. The third-order valence-corrected chi connectivity index (χ3v) is 7.48. The summed E-state index contributed by atoms with van der Waals surface area (Å²) in [4.78, 5) is 13.0. The molecule has 2 aliphatic heterocycles. The first-order chi connectivity index (χ1) is 16.0. The van der Waals surface area contributed by atoms with Gasteiger partial charge in [0.1, 0.15) is 18.1 Å². The Morgan fingerprint density at radius 1 is 1.15 bits per heavy atom. The minimum atomic E-state index is -3.72. The lowest BCUT2D eigenvalue weighted by Gasteiger charge is -2.26. The first-order valence-corrected chi connectivity index (χ1v) is 12.3. The number of nitrogens with one attached hydrogen (secondary N) is 1. The molecule has 0 aliphatic carbocycles. The maximum absolute atomic E-state index is 13.0. The van der Waals surface area contributed by atoms with Gasteiger partial charge in [-0.05, 0) is 49.2 Å². The molecule has 0 aromatic heterocycles. The molecule has 1 unspecified atom stereocenters. The molecule has 33 heavy (non-hydrogen) atoms. The van der Waals surface area contributed by atoms with Gasteiger partial charge in [0.2, 0.25) is 10.0 Å². The zero-order chi connectivity index (χ0) is 23.3. The minimum Gasteiger partial charge on any atom is -0.495 e. The summed E-state index contributed by atoms with van der Waals surface area (Å²) < 4.78 is 49.3. The van der Waals surface area contributed by atoms with Gasteiger partial charge in [0.15, 0.2) is 0 Å². The monoisotopic (exact) mass is 476 g/mol. The van der Waals surface area contributed by atoms with Crippen LogP contribution in [-0.4, -0.2) is 71.4 Å². The van der Waals surface area contributed by atoms with Crippen molar-refractivity contribution >= 4 is 21.6 Å². The molecule has 2 fully saturated rings. The van der Waals surface area contributed by atoms with Gasteiger partial charge in [-0.15, -0.1) is 0 Å². The van der Waals surface area contributed by atoms with E-state index in [2.05, 4.69) is 5.32 Å². The third kappa shape index (κ3) is 5.64. The number of carbonyl (C=O) groups is 1. The zero-order valence-electron chi connectivity index (χ0n) is 18.5. The van der Waals surface area contributed by atoms with Crippen LogP contribution in [0.4, 0.5) is 5.69 Å². The van der Waals surface area contributed by atoms with E-state index < -0.39 is 15.9 Å². The fourth-order valence-corrected chi connectivity index (χ4v) is 5.20. The number of ether oxygens (including phenoxy) is 4. The molecule has 1 amide bonds. The van der Waals surface area contributed by atoms with E-state index in [-0.39, 0.29) is 29.8 Å². The maximum atomic E-state index is 13.0. The quantitative estimate of drug-likeness (QED) is 0.624. The Kier molecular flexibility index (Phi) is 7.49. The number of nitrogens with zero attached hydrogens (tertiary/aromatic N) is 1. The van der Waals surface area contributed by atoms with Crippen molar-refractivity contribution in [3.63, 3.8) is 0 Å². The van der Waals surface area contributed by atoms with Crippen molar-refractivity contribution in [2.45, 2.75) is 23.8 Å².